The highest BCUT2D eigenvalue weighted by molar-refractivity contribution is 7.86. The Morgan fingerprint density at radius 1 is 1.11 bits per heavy atom. The second-order valence-corrected chi connectivity index (χ2v) is 7.06. The van der Waals surface area contributed by atoms with Crippen LogP contribution in [-0.4, -0.2) is 55.8 Å². The fourth-order valence-corrected chi connectivity index (χ4v) is 4.79. The molecule has 0 saturated carbocycles. The van der Waals surface area contributed by atoms with E-state index < -0.39 is 10.2 Å². The molecular formula is C12H25N3O2S. The predicted molar refractivity (Wildman–Crippen MR) is 72.6 cm³/mol. The van der Waals surface area contributed by atoms with Crippen LogP contribution in [0.2, 0.25) is 0 Å². The smallest absolute Gasteiger partial charge is 0.282 e. The molecule has 0 amide bonds. The molecule has 2 aliphatic heterocycles. The molecular weight excluding hydrogens is 250 g/mol. The number of nitrogens with zero attached hydrogens (tertiary/aromatic N) is 2. The zero-order chi connectivity index (χ0) is 13.0. The Kier molecular flexibility index (Phi) is 5.00. The fraction of sp³-hybridized carbons (Fsp3) is 1.00. The van der Waals surface area contributed by atoms with Gasteiger partial charge in [0.1, 0.15) is 0 Å². The SMILES string of the molecule is CCNCC1CCCCN1S(=O)(=O)N1CCCC1. The first-order valence-corrected chi connectivity index (χ1v) is 8.53. The van der Waals surface area contributed by atoms with Gasteiger partial charge in [0, 0.05) is 32.2 Å². The van der Waals surface area contributed by atoms with Crippen LogP contribution >= 0.6 is 0 Å². The number of hydrogen-bond acceptors (Lipinski definition) is 3. The average Bonchev–Trinajstić information content (AvgIpc) is 2.91. The van der Waals surface area contributed by atoms with Gasteiger partial charge in [0.15, 0.2) is 0 Å². The molecule has 1 unspecified atom stereocenters. The first kappa shape index (κ1) is 14.2. The zero-order valence-corrected chi connectivity index (χ0v) is 12.1. The summed E-state index contributed by atoms with van der Waals surface area (Å²) in [6.45, 7) is 5.83. The third-order valence-electron chi connectivity index (χ3n) is 3.89. The Morgan fingerprint density at radius 3 is 2.44 bits per heavy atom. The molecule has 0 bridgehead atoms. The van der Waals surface area contributed by atoms with E-state index in [1.807, 2.05) is 0 Å². The van der Waals surface area contributed by atoms with Crippen LogP contribution in [0.4, 0.5) is 0 Å². The first-order valence-electron chi connectivity index (χ1n) is 7.14. The molecule has 6 heteroatoms. The highest BCUT2D eigenvalue weighted by Crippen LogP contribution is 2.24. The lowest BCUT2D eigenvalue weighted by Crippen LogP contribution is -2.53. The van der Waals surface area contributed by atoms with E-state index >= 15 is 0 Å². The molecule has 106 valence electrons. The minimum absolute atomic E-state index is 0.143. The summed E-state index contributed by atoms with van der Waals surface area (Å²) in [5, 5.41) is 3.29. The summed E-state index contributed by atoms with van der Waals surface area (Å²) in [4.78, 5) is 0. The van der Waals surface area contributed by atoms with Crippen molar-refractivity contribution < 1.29 is 8.42 Å². The largest absolute Gasteiger partial charge is 0.315 e. The molecule has 2 heterocycles. The van der Waals surface area contributed by atoms with Crippen molar-refractivity contribution in [3.63, 3.8) is 0 Å². The van der Waals surface area contributed by atoms with Crippen LogP contribution < -0.4 is 5.32 Å². The van der Waals surface area contributed by atoms with E-state index in [0.717, 1.165) is 45.2 Å². The van der Waals surface area contributed by atoms with E-state index in [0.29, 0.717) is 19.6 Å². The molecule has 0 aromatic carbocycles. The van der Waals surface area contributed by atoms with E-state index in [4.69, 9.17) is 0 Å². The molecule has 0 aromatic heterocycles. The Morgan fingerprint density at radius 2 is 1.78 bits per heavy atom. The van der Waals surface area contributed by atoms with Gasteiger partial charge < -0.3 is 5.32 Å². The van der Waals surface area contributed by atoms with Crippen LogP contribution in [0.1, 0.15) is 39.0 Å². The van der Waals surface area contributed by atoms with Gasteiger partial charge in [-0.2, -0.15) is 17.0 Å². The van der Waals surface area contributed by atoms with Gasteiger partial charge in [0.05, 0.1) is 0 Å². The van der Waals surface area contributed by atoms with E-state index in [9.17, 15) is 8.42 Å². The maximum atomic E-state index is 12.6. The Bertz CT molecular complexity index is 352. The van der Waals surface area contributed by atoms with Crippen LogP contribution in [0.3, 0.4) is 0 Å². The summed E-state index contributed by atoms with van der Waals surface area (Å²) < 4.78 is 28.6. The quantitative estimate of drug-likeness (QED) is 0.807. The van der Waals surface area contributed by atoms with E-state index in [1.165, 1.54) is 0 Å². The lowest BCUT2D eigenvalue weighted by atomic mass is 10.1. The van der Waals surface area contributed by atoms with Gasteiger partial charge in [-0.25, -0.2) is 0 Å². The lowest BCUT2D eigenvalue weighted by molar-refractivity contribution is 0.231. The fourth-order valence-electron chi connectivity index (χ4n) is 2.86. The van der Waals surface area contributed by atoms with Crippen LogP contribution in [0.25, 0.3) is 0 Å². The molecule has 2 rings (SSSR count). The highest BCUT2D eigenvalue weighted by Gasteiger charge is 2.37. The van der Waals surface area contributed by atoms with Crippen molar-refractivity contribution >= 4 is 10.2 Å². The van der Waals surface area contributed by atoms with Crippen LogP contribution in [0, 0.1) is 0 Å². The summed E-state index contributed by atoms with van der Waals surface area (Å²) in [6, 6.07) is 0.143. The second-order valence-electron chi connectivity index (χ2n) is 5.18. The topological polar surface area (TPSA) is 52.7 Å². The van der Waals surface area contributed by atoms with Crippen molar-refractivity contribution in [1.82, 2.24) is 13.9 Å². The average molecular weight is 275 g/mol. The Labute approximate surface area is 111 Å². The molecule has 0 spiro atoms. The Balaban J connectivity index is 2.07. The van der Waals surface area contributed by atoms with Crippen molar-refractivity contribution in [1.29, 1.82) is 0 Å². The van der Waals surface area contributed by atoms with E-state index in [2.05, 4.69) is 12.2 Å². The van der Waals surface area contributed by atoms with Gasteiger partial charge in [-0.05, 0) is 32.2 Å². The molecule has 5 nitrogen and oxygen atoms in total. The second kappa shape index (κ2) is 6.32. The third kappa shape index (κ3) is 3.04. The van der Waals surface area contributed by atoms with Gasteiger partial charge in [0.2, 0.25) is 0 Å². The van der Waals surface area contributed by atoms with Gasteiger partial charge in [-0.1, -0.05) is 13.3 Å². The summed E-state index contributed by atoms with van der Waals surface area (Å²) in [6.07, 6.45) is 5.13. The summed E-state index contributed by atoms with van der Waals surface area (Å²) in [7, 11) is -3.21. The molecule has 1 atom stereocenters. The van der Waals surface area contributed by atoms with Gasteiger partial charge in [0.25, 0.3) is 10.2 Å². The number of nitrogens with one attached hydrogen (secondary N) is 1. The third-order valence-corrected chi connectivity index (χ3v) is 5.98. The van der Waals surface area contributed by atoms with Crippen molar-refractivity contribution in [2.45, 2.75) is 45.1 Å². The normalized spacial score (nSPS) is 27.7. The summed E-state index contributed by atoms with van der Waals surface area (Å²) in [5.74, 6) is 0. The van der Waals surface area contributed by atoms with Crippen LogP contribution in [0.5, 0.6) is 0 Å². The zero-order valence-electron chi connectivity index (χ0n) is 11.3. The lowest BCUT2D eigenvalue weighted by Gasteiger charge is -2.37. The van der Waals surface area contributed by atoms with E-state index in [-0.39, 0.29) is 6.04 Å². The molecule has 2 fully saturated rings. The molecule has 0 aliphatic carbocycles. The minimum Gasteiger partial charge on any atom is -0.315 e. The predicted octanol–water partition coefficient (Wildman–Crippen LogP) is 0.791. The minimum atomic E-state index is -3.21. The van der Waals surface area contributed by atoms with E-state index in [1.54, 1.807) is 8.61 Å². The monoisotopic (exact) mass is 275 g/mol. The standard InChI is InChI=1S/C12H25N3O2S/c1-2-13-11-12-7-3-4-10-15(12)18(16,17)14-8-5-6-9-14/h12-13H,2-11H2,1H3. The summed E-state index contributed by atoms with van der Waals surface area (Å²) >= 11 is 0. The molecule has 0 radical (unpaired) electrons. The van der Waals surface area contributed by atoms with Crippen molar-refractivity contribution in [2.75, 3.05) is 32.7 Å². The van der Waals surface area contributed by atoms with Gasteiger partial charge >= 0.3 is 0 Å². The van der Waals surface area contributed by atoms with Crippen molar-refractivity contribution in [3.8, 4) is 0 Å². The van der Waals surface area contributed by atoms with Crippen molar-refractivity contribution in [3.05, 3.63) is 0 Å². The molecule has 18 heavy (non-hydrogen) atoms. The maximum Gasteiger partial charge on any atom is 0.282 e. The molecule has 2 saturated heterocycles. The number of piperidine rings is 1. The molecule has 2 aliphatic rings. The molecule has 0 aromatic rings. The number of rotatable bonds is 5. The number of likely N-dealkylation sites (N-methyl/N-ethyl adjacent to an activating group) is 1. The Hall–Kier alpha value is -0.170. The van der Waals surface area contributed by atoms with Gasteiger partial charge in [-0.3, -0.25) is 0 Å². The highest BCUT2D eigenvalue weighted by atomic mass is 32.2. The summed E-state index contributed by atoms with van der Waals surface area (Å²) in [5.41, 5.74) is 0. The van der Waals surface area contributed by atoms with Crippen molar-refractivity contribution in [2.24, 2.45) is 0 Å². The maximum absolute atomic E-state index is 12.6. The van der Waals surface area contributed by atoms with Crippen LogP contribution in [0.15, 0.2) is 0 Å². The van der Waals surface area contributed by atoms with Crippen LogP contribution in [-0.2, 0) is 10.2 Å². The van der Waals surface area contributed by atoms with Gasteiger partial charge in [-0.15, -0.1) is 0 Å². The first-order chi connectivity index (χ1) is 8.66. The molecule has 1 N–H and O–H groups in total. The number of hydrogen-bond donors (Lipinski definition) is 1.